The summed E-state index contributed by atoms with van der Waals surface area (Å²) in [5.41, 5.74) is 6.62. The molecule has 0 spiro atoms. The Hall–Kier alpha value is -3.21. The van der Waals surface area contributed by atoms with Gasteiger partial charge in [0.2, 0.25) is 0 Å². The van der Waals surface area contributed by atoms with Gasteiger partial charge in [-0.05, 0) is 55.3 Å². The van der Waals surface area contributed by atoms with E-state index in [1.54, 1.807) is 13.3 Å². The van der Waals surface area contributed by atoms with Gasteiger partial charge in [-0.2, -0.15) is 5.10 Å². The Bertz CT molecular complexity index is 947. The largest absolute Gasteiger partial charge is 0.497 e. The quantitative estimate of drug-likeness (QED) is 0.586. The molecule has 0 aliphatic carbocycles. The zero-order valence-corrected chi connectivity index (χ0v) is 14.4. The number of rotatable bonds is 4. The predicted molar refractivity (Wildman–Crippen MR) is 99.3 cm³/mol. The topological polar surface area (TPSA) is 63.6 Å². The number of carbonyl (C=O) groups excluding carboxylic acids is 1. The van der Waals surface area contributed by atoms with Gasteiger partial charge in [0.1, 0.15) is 5.75 Å². The third-order valence-electron chi connectivity index (χ3n) is 3.98. The number of aromatic nitrogens is 1. The monoisotopic (exact) mass is 333 g/mol. The van der Waals surface area contributed by atoms with E-state index in [0.717, 1.165) is 27.8 Å². The molecule has 1 aromatic heterocycles. The van der Waals surface area contributed by atoms with Crippen molar-refractivity contribution in [2.75, 3.05) is 7.11 Å². The molecule has 0 saturated heterocycles. The zero-order valence-electron chi connectivity index (χ0n) is 14.4. The minimum absolute atomic E-state index is 0.279. The van der Waals surface area contributed by atoms with Crippen molar-refractivity contribution in [2.45, 2.75) is 13.8 Å². The number of hydrogen-bond acceptors (Lipinski definition) is 4. The van der Waals surface area contributed by atoms with Crippen LogP contribution in [0.1, 0.15) is 27.2 Å². The van der Waals surface area contributed by atoms with E-state index in [0.29, 0.717) is 11.3 Å². The molecule has 0 aliphatic heterocycles. The van der Waals surface area contributed by atoms with E-state index >= 15 is 0 Å². The van der Waals surface area contributed by atoms with Gasteiger partial charge in [0.25, 0.3) is 5.91 Å². The van der Waals surface area contributed by atoms with Crippen LogP contribution in [0.2, 0.25) is 0 Å². The molecule has 0 atom stereocenters. The smallest absolute Gasteiger partial charge is 0.273 e. The Kier molecular flexibility index (Phi) is 4.75. The SMILES string of the molecule is COc1ccc(/C=N\NC(=O)c2cc3cccc(C)c3nc2C)cc1. The molecule has 25 heavy (non-hydrogen) atoms. The molecule has 5 nitrogen and oxygen atoms in total. The highest BCUT2D eigenvalue weighted by molar-refractivity contribution is 5.99. The normalized spacial score (nSPS) is 11.0. The lowest BCUT2D eigenvalue weighted by Gasteiger charge is -2.07. The van der Waals surface area contributed by atoms with Crippen molar-refractivity contribution < 1.29 is 9.53 Å². The molecule has 1 heterocycles. The number of pyridine rings is 1. The van der Waals surface area contributed by atoms with Gasteiger partial charge < -0.3 is 4.74 Å². The number of amides is 1. The van der Waals surface area contributed by atoms with Gasteiger partial charge in [0.15, 0.2) is 0 Å². The van der Waals surface area contributed by atoms with Crippen LogP contribution in [0.4, 0.5) is 0 Å². The second kappa shape index (κ2) is 7.13. The Labute approximate surface area is 146 Å². The standard InChI is InChI=1S/C20H19N3O2/c1-13-5-4-6-16-11-18(14(2)22-19(13)16)20(24)23-21-12-15-7-9-17(25-3)10-8-15/h4-12H,1-3H3,(H,23,24)/b21-12-. The summed E-state index contributed by atoms with van der Waals surface area (Å²) in [6, 6.07) is 15.2. The first-order valence-corrected chi connectivity index (χ1v) is 7.93. The number of para-hydroxylation sites is 1. The summed E-state index contributed by atoms with van der Waals surface area (Å²) in [5, 5.41) is 4.96. The Balaban J connectivity index is 1.77. The van der Waals surface area contributed by atoms with E-state index in [2.05, 4.69) is 15.5 Å². The van der Waals surface area contributed by atoms with E-state index in [1.165, 1.54) is 0 Å². The molecule has 3 aromatic rings. The van der Waals surface area contributed by atoms with Crippen LogP contribution in [0, 0.1) is 13.8 Å². The summed E-state index contributed by atoms with van der Waals surface area (Å²) < 4.78 is 5.11. The van der Waals surface area contributed by atoms with Gasteiger partial charge in [0.05, 0.1) is 30.1 Å². The van der Waals surface area contributed by atoms with Crippen molar-refractivity contribution in [3.8, 4) is 5.75 Å². The summed E-state index contributed by atoms with van der Waals surface area (Å²) in [5.74, 6) is 0.493. The van der Waals surface area contributed by atoms with Crippen molar-refractivity contribution in [3.63, 3.8) is 0 Å². The maximum absolute atomic E-state index is 12.4. The molecule has 1 N–H and O–H groups in total. The average molecular weight is 333 g/mol. The van der Waals surface area contributed by atoms with E-state index in [9.17, 15) is 4.79 Å². The van der Waals surface area contributed by atoms with Crippen LogP contribution in [-0.4, -0.2) is 24.2 Å². The zero-order chi connectivity index (χ0) is 17.8. The highest BCUT2D eigenvalue weighted by Crippen LogP contribution is 2.19. The van der Waals surface area contributed by atoms with Crippen LogP contribution in [0.15, 0.2) is 53.6 Å². The predicted octanol–water partition coefficient (Wildman–Crippen LogP) is 3.62. The van der Waals surface area contributed by atoms with Crippen LogP contribution in [0.25, 0.3) is 10.9 Å². The van der Waals surface area contributed by atoms with E-state index in [-0.39, 0.29) is 5.91 Å². The Morgan fingerprint density at radius 3 is 2.64 bits per heavy atom. The number of nitrogens with zero attached hydrogens (tertiary/aromatic N) is 2. The van der Waals surface area contributed by atoms with Gasteiger partial charge in [-0.3, -0.25) is 9.78 Å². The van der Waals surface area contributed by atoms with Crippen molar-refractivity contribution in [1.29, 1.82) is 0 Å². The van der Waals surface area contributed by atoms with Gasteiger partial charge in [-0.25, -0.2) is 5.43 Å². The first-order valence-electron chi connectivity index (χ1n) is 7.93. The van der Waals surface area contributed by atoms with Gasteiger partial charge in [0, 0.05) is 5.39 Å². The molecular formula is C20H19N3O2. The van der Waals surface area contributed by atoms with Crippen LogP contribution >= 0.6 is 0 Å². The fourth-order valence-electron chi connectivity index (χ4n) is 2.58. The summed E-state index contributed by atoms with van der Waals surface area (Å²) in [6.07, 6.45) is 1.59. The molecule has 0 unspecified atom stereocenters. The highest BCUT2D eigenvalue weighted by atomic mass is 16.5. The van der Waals surface area contributed by atoms with Crippen molar-refractivity contribution in [3.05, 3.63) is 70.9 Å². The molecular weight excluding hydrogens is 314 g/mol. The Morgan fingerprint density at radius 1 is 1.16 bits per heavy atom. The molecule has 0 bridgehead atoms. The molecule has 0 aliphatic rings. The number of fused-ring (bicyclic) bond motifs is 1. The lowest BCUT2D eigenvalue weighted by molar-refractivity contribution is 0.0954. The number of carbonyl (C=O) groups is 1. The first-order chi connectivity index (χ1) is 12.1. The number of nitrogens with one attached hydrogen (secondary N) is 1. The van der Waals surface area contributed by atoms with Gasteiger partial charge >= 0.3 is 0 Å². The number of ether oxygens (including phenoxy) is 1. The molecule has 2 aromatic carbocycles. The van der Waals surface area contributed by atoms with E-state index < -0.39 is 0 Å². The fraction of sp³-hybridized carbons (Fsp3) is 0.150. The molecule has 1 amide bonds. The maximum Gasteiger partial charge on any atom is 0.273 e. The van der Waals surface area contributed by atoms with Crippen LogP contribution in [0.3, 0.4) is 0 Å². The molecule has 5 heteroatoms. The molecule has 3 rings (SSSR count). The summed E-state index contributed by atoms with van der Waals surface area (Å²) in [7, 11) is 1.62. The number of hydrazone groups is 1. The first kappa shape index (κ1) is 16.6. The second-order valence-corrected chi connectivity index (χ2v) is 5.74. The van der Waals surface area contributed by atoms with Gasteiger partial charge in [-0.1, -0.05) is 18.2 Å². The Morgan fingerprint density at radius 2 is 1.92 bits per heavy atom. The van der Waals surface area contributed by atoms with Crippen molar-refractivity contribution in [2.24, 2.45) is 5.10 Å². The fourth-order valence-corrected chi connectivity index (χ4v) is 2.58. The van der Waals surface area contributed by atoms with E-state index in [4.69, 9.17) is 4.74 Å². The third kappa shape index (κ3) is 3.66. The number of benzene rings is 2. The highest BCUT2D eigenvalue weighted by Gasteiger charge is 2.11. The van der Waals surface area contributed by atoms with Crippen LogP contribution < -0.4 is 10.2 Å². The van der Waals surface area contributed by atoms with Crippen LogP contribution in [0.5, 0.6) is 5.75 Å². The lowest BCUT2D eigenvalue weighted by Crippen LogP contribution is -2.19. The average Bonchev–Trinajstić information content (AvgIpc) is 2.62. The molecule has 0 radical (unpaired) electrons. The molecule has 126 valence electrons. The van der Waals surface area contributed by atoms with E-state index in [1.807, 2.05) is 62.4 Å². The minimum atomic E-state index is -0.279. The van der Waals surface area contributed by atoms with Crippen molar-refractivity contribution in [1.82, 2.24) is 10.4 Å². The molecule has 0 fully saturated rings. The minimum Gasteiger partial charge on any atom is -0.497 e. The molecule has 0 saturated carbocycles. The van der Waals surface area contributed by atoms with Crippen LogP contribution in [-0.2, 0) is 0 Å². The van der Waals surface area contributed by atoms with Gasteiger partial charge in [-0.15, -0.1) is 0 Å². The third-order valence-corrected chi connectivity index (χ3v) is 3.98. The summed E-state index contributed by atoms with van der Waals surface area (Å²) in [6.45, 7) is 3.83. The summed E-state index contributed by atoms with van der Waals surface area (Å²) >= 11 is 0. The summed E-state index contributed by atoms with van der Waals surface area (Å²) in [4.78, 5) is 17.0. The second-order valence-electron chi connectivity index (χ2n) is 5.74. The number of aryl methyl sites for hydroxylation is 2. The number of hydrogen-bond donors (Lipinski definition) is 1. The van der Waals surface area contributed by atoms with Crippen molar-refractivity contribution >= 4 is 23.0 Å². The number of methoxy groups -OCH3 is 1. The maximum atomic E-state index is 12.4. The lowest BCUT2D eigenvalue weighted by atomic mass is 10.1.